The number of nitrogens with zero attached hydrogens (tertiary/aromatic N) is 2. The molecule has 1 fully saturated rings. The van der Waals surface area contributed by atoms with E-state index < -0.39 is 0 Å². The predicted molar refractivity (Wildman–Crippen MR) is 99.4 cm³/mol. The van der Waals surface area contributed by atoms with Crippen LogP contribution in [0.2, 0.25) is 0 Å². The topological polar surface area (TPSA) is 45.2 Å². The van der Waals surface area contributed by atoms with Crippen molar-refractivity contribution in [2.75, 3.05) is 12.4 Å². The van der Waals surface area contributed by atoms with E-state index in [1.807, 2.05) is 31.0 Å². The molecule has 1 aliphatic heterocycles. The highest BCUT2D eigenvalue weighted by Crippen LogP contribution is 2.50. The fourth-order valence-electron chi connectivity index (χ4n) is 4.06. The molecule has 1 aromatic carbocycles. The number of aromatic nitrogens is 1. The van der Waals surface area contributed by atoms with Gasteiger partial charge in [-0.05, 0) is 60.9 Å². The van der Waals surface area contributed by atoms with Crippen LogP contribution in [-0.4, -0.2) is 22.8 Å². The summed E-state index contributed by atoms with van der Waals surface area (Å²) < 4.78 is 13.1. The van der Waals surface area contributed by atoms with Crippen molar-refractivity contribution < 1.29 is 9.18 Å². The summed E-state index contributed by atoms with van der Waals surface area (Å²) in [6.45, 7) is 5.40. The molecule has 5 heteroatoms. The van der Waals surface area contributed by atoms with Gasteiger partial charge in [0.05, 0.1) is 0 Å². The number of anilines is 1. The van der Waals surface area contributed by atoms with Gasteiger partial charge < -0.3 is 10.2 Å². The van der Waals surface area contributed by atoms with Crippen molar-refractivity contribution in [3.8, 4) is 0 Å². The van der Waals surface area contributed by atoms with Crippen molar-refractivity contribution in [2.24, 2.45) is 5.92 Å². The molecule has 2 aliphatic rings. The van der Waals surface area contributed by atoms with Gasteiger partial charge >= 0.3 is 0 Å². The van der Waals surface area contributed by atoms with Crippen LogP contribution in [0.15, 0.2) is 24.3 Å². The van der Waals surface area contributed by atoms with E-state index in [9.17, 15) is 9.18 Å². The minimum atomic E-state index is -0.212. The van der Waals surface area contributed by atoms with Crippen LogP contribution >= 0.6 is 0 Å². The zero-order chi connectivity index (χ0) is 18.4. The van der Waals surface area contributed by atoms with Crippen LogP contribution in [0.4, 0.5) is 10.2 Å². The van der Waals surface area contributed by atoms with Crippen LogP contribution in [0.3, 0.4) is 0 Å². The summed E-state index contributed by atoms with van der Waals surface area (Å²) in [5.41, 5.74) is 5.73. The van der Waals surface area contributed by atoms with Crippen LogP contribution in [0.5, 0.6) is 0 Å². The van der Waals surface area contributed by atoms with Gasteiger partial charge in [-0.25, -0.2) is 9.37 Å². The Morgan fingerprint density at radius 3 is 2.62 bits per heavy atom. The van der Waals surface area contributed by atoms with Crippen molar-refractivity contribution >= 4 is 11.7 Å². The van der Waals surface area contributed by atoms with Crippen molar-refractivity contribution in [2.45, 2.75) is 45.7 Å². The molecular formula is C21H24FN3O. The molecule has 2 atom stereocenters. The van der Waals surface area contributed by atoms with Crippen molar-refractivity contribution in [3.05, 3.63) is 58.0 Å². The summed E-state index contributed by atoms with van der Waals surface area (Å²) in [7, 11) is 1.87. The number of carbonyl (C=O) groups is 1. The number of rotatable bonds is 4. The Kier molecular flexibility index (Phi) is 4.17. The highest BCUT2D eigenvalue weighted by molar-refractivity contribution is 5.78. The molecule has 0 unspecified atom stereocenters. The van der Waals surface area contributed by atoms with Gasteiger partial charge in [-0.2, -0.15) is 0 Å². The van der Waals surface area contributed by atoms with E-state index in [-0.39, 0.29) is 11.7 Å². The van der Waals surface area contributed by atoms with Gasteiger partial charge in [-0.1, -0.05) is 12.1 Å². The molecular weight excluding hydrogens is 329 g/mol. The number of nitrogens with one attached hydrogen (secondary N) is 1. The fourth-order valence-corrected chi connectivity index (χ4v) is 4.06. The number of hydrogen-bond donors (Lipinski definition) is 1. The second-order valence-electron chi connectivity index (χ2n) is 7.49. The molecule has 4 nitrogen and oxygen atoms in total. The SMILES string of the molecule is CNc1nc(C)c(C)c2c1CN(C(=O)C[C@@H]1C[C@H]1c1ccc(F)cc1)C2. The average Bonchev–Trinajstić information content (AvgIpc) is 3.24. The standard InChI is InChI=1S/C21H24FN3O/c1-12-13(2)24-21(23-3)19-11-25(10-18(12)19)20(26)9-15-8-17(15)14-4-6-16(22)7-5-14/h4-7,15,17H,8-11H2,1-3H3,(H,23,24)/t15-,17-/m0/s1. The van der Waals surface area contributed by atoms with Crippen LogP contribution in [-0.2, 0) is 17.9 Å². The van der Waals surface area contributed by atoms with Crippen molar-refractivity contribution in [3.63, 3.8) is 0 Å². The van der Waals surface area contributed by atoms with E-state index in [2.05, 4.69) is 17.2 Å². The maximum Gasteiger partial charge on any atom is 0.223 e. The number of hydrogen-bond acceptors (Lipinski definition) is 3. The highest BCUT2D eigenvalue weighted by Gasteiger charge is 2.41. The third-order valence-electron chi connectivity index (χ3n) is 5.87. The zero-order valence-corrected chi connectivity index (χ0v) is 15.5. The Balaban J connectivity index is 1.43. The summed E-state index contributed by atoms with van der Waals surface area (Å²) in [5.74, 6) is 1.64. The minimum absolute atomic E-state index is 0.204. The van der Waals surface area contributed by atoms with Gasteiger partial charge in [0.15, 0.2) is 0 Å². The van der Waals surface area contributed by atoms with E-state index in [4.69, 9.17) is 0 Å². The quantitative estimate of drug-likeness (QED) is 0.906. The maximum atomic E-state index is 13.1. The normalized spacial score (nSPS) is 20.8. The molecule has 136 valence electrons. The molecule has 1 N–H and O–H groups in total. The van der Waals surface area contributed by atoms with Gasteiger partial charge in [0.1, 0.15) is 11.6 Å². The summed E-state index contributed by atoms with van der Waals surface area (Å²) in [4.78, 5) is 19.4. The van der Waals surface area contributed by atoms with Crippen LogP contribution in [0.25, 0.3) is 0 Å². The lowest BCUT2D eigenvalue weighted by Crippen LogP contribution is -2.25. The first-order valence-corrected chi connectivity index (χ1v) is 9.18. The molecule has 0 radical (unpaired) electrons. The van der Waals surface area contributed by atoms with Crippen molar-refractivity contribution in [1.82, 2.24) is 9.88 Å². The van der Waals surface area contributed by atoms with E-state index in [1.165, 1.54) is 23.3 Å². The summed E-state index contributed by atoms with van der Waals surface area (Å²) >= 11 is 0. The summed E-state index contributed by atoms with van der Waals surface area (Å²) in [6.07, 6.45) is 1.58. The molecule has 26 heavy (non-hydrogen) atoms. The average molecular weight is 353 g/mol. The highest BCUT2D eigenvalue weighted by atomic mass is 19.1. The number of pyridine rings is 1. The number of amides is 1. The van der Waals surface area contributed by atoms with Crippen LogP contribution in [0.1, 0.15) is 46.7 Å². The predicted octanol–water partition coefficient (Wildman–Crippen LogP) is 3.92. The molecule has 2 heterocycles. The Hall–Kier alpha value is -2.43. The number of aryl methyl sites for hydroxylation is 1. The van der Waals surface area contributed by atoms with Gasteiger partial charge in [0.2, 0.25) is 5.91 Å². The molecule has 4 rings (SSSR count). The summed E-state index contributed by atoms with van der Waals surface area (Å²) in [6, 6.07) is 6.68. The van der Waals surface area contributed by atoms with Gasteiger partial charge in [-0.15, -0.1) is 0 Å². The lowest BCUT2D eigenvalue weighted by molar-refractivity contribution is -0.132. The first-order valence-electron chi connectivity index (χ1n) is 9.18. The molecule has 1 amide bonds. The van der Waals surface area contributed by atoms with E-state index in [1.54, 1.807) is 0 Å². The second kappa shape index (κ2) is 6.38. The molecule has 2 aromatic rings. The molecule has 1 aromatic heterocycles. The third-order valence-corrected chi connectivity index (χ3v) is 5.87. The monoisotopic (exact) mass is 353 g/mol. The first-order chi connectivity index (χ1) is 12.5. The smallest absolute Gasteiger partial charge is 0.223 e. The van der Waals surface area contributed by atoms with Crippen LogP contribution < -0.4 is 5.32 Å². The fraction of sp³-hybridized carbons (Fsp3) is 0.429. The van der Waals surface area contributed by atoms with Gasteiger partial charge in [0.25, 0.3) is 0 Å². The van der Waals surface area contributed by atoms with Gasteiger partial charge in [0, 0.05) is 37.8 Å². The molecule has 0 bridgehead atoms. The second-order valence-corrected chi connectivity index (χ2v) is 7.49. The Labute approximate surface area is 153 Å². The third kappa shape index (κ3) is 2.96. The van der Waals surface area contributed by atoms with Crippen LogP contribution in [0, 0.1) is 25.6 Å². The summed E-state index contributed by atoms with van der Waals surface area (Å²) in [5, 5.41) is 3.16. The largest absolute Gasteiger partial charge is 0.373 e. The number of halogens is 1. The molecule has 0 saturated heterocycles. The lowest BCUT2D eigenvalue weighted by Gasteiger charge is -2.15. The van der Waals surface area contributed by atoms with E-state index >= 15 is 0 Å². The number of carbonyl (C=O) groups excluding carboxylic acids is 1. The van der Waals surface area contributed by atoms with E-state index in [0.29, 0.717) is 31.3 Å². The number of fused-ring (bicyclic) bond motifs is 1. The van der Waals surface area contributed by atoms with Crippen molar-refractivity contribution in [1.29, 1.82) is 0 Å². The Morgan fingerprint density at radius 2 is 1.92 bits per heavy atom. The van der Waals surface area contributed by atoms with E-state index in [0.717, 1.165) is 29.1 Å². The van der Waals surface area contributed by atoms with Gasteiger partial charge in [-0.3, -0.25) is 4.79 Å². The maximum absolute atomic E-state index is 13.1. The molecule has 1 saturated carbocycles. The Morgan fingerprint density at radius 1 is 1.23 bits per heavy atom. The lowest BCUT2D eigenvalue weighted by atomic mass is 10.0. The molecule has 0 spiro atoms. The zero-order valence-electron chi connectivity index (χ0n) is 15.5. The number of benzene rings is 1. The first kappa shape index (κ1) is 17.0. The minimum Gasteiger partial charge on any atom is -0.373 e. The Bertz CT molecular complexity index is 863. The molecule has 1 aliphatic carbocycles.